The summed E-state index contributed by atoms with van der Waals surface area (Å²) in [4.78, 5) is 17.7. The third-order valence-corrected chi connectivity index (χ3v) is 4.16. The summed E-state index contributed by atoms with van der Waals surface area (Å²) in [7, 11) is -9.58. The van der Waals surface area contributed by atoms with Gasteiger partial charge < -0.3 is 20.0 Å². The molecular formula is C4H10O9P2. The van der Waals surface area contributed by atoms with Gasteiger partial charge in [-0.3, -0.25) is 9.05 Å². The van der Waals surface area contributed by atoms with Crippen LogP contribution in [0.25, 0.3) is 0 Å². The standard InChI is InChI=1S/C4H10O9P2/c5-1-4-3(6)2-11-14(7,8)13-15(9,10)12-4/h3-6H,1-2H2,(H,7,8)(H,9,10)/t3-,4+/m1/s1. The van der Waals surface area contributed by atoms with Crippen LogP contribution in [0.2, 0.25) is 0 Å². The third-order valence-electron chi connectivity index (χ3n) is 1.49. The number of phosphoric acid groups is 2. The fourth-order valence-electron chi connectivity index (χ4n) is 0.847. The lowest BCUT2D eigenvalue weighted by atomic mass is 10.2. The molecular weight excluding hydrogens is 254 g/mol. The SMILES string of the molecule is O=P1(O)OC[C@@H](O)[C@H](CO)OP(=O)(O)O1. The van der Waals surface area contributed by atoms with Gasteiger partial charge in [0.05, 0.1) is 13.2 Å². The zero-order valence-corrected chi connectivity index (χ0v) is 9.08. The van der Waals surface area contributed by atoms with Crippen LogP contribution in [-0.4, -0.2) is 45.4 Å². The van der Waals surface area contributed by atoms with Crippen molar-refractivity contribution in [1.29, 1.82) is 0 Å². The molecule has 15 heavy (non-hydrogen) atoms. The van der Waals surface area contributed by atoms with Crippen LogP contribution < -0.4 is 0 Å². The molecule has 4 atom stereocenters. The molecule has 1 rings (SSSR count). The average Bonchev–Trinajstić information content (AvgIpc) is 2.07. The summed E-state index contributed by atoms with van der Waals surface area (Å²) in [5.74, 6) is 0. The Kier molecular flexibility index (Phi) is 4.05. The summed E-state index contributed by atoms with van der Waals surface area (Å²) >= 11 is 0. The molecule has 0 saturated carbocycles. The first-order valence-electron chi connectivity index (χ1n) is 3.74. The molecule has 1 aliphatic rings. The van der Waals surface area contributed by atoms with E-state index >= 15 is 0 Å². The normalized spacial score (nSPS) is 48.3. The zero-order chi connectivity index (χ0) is 11.7. The summed E-state index contributed by atoms with van der Waals surface area (Å²) in [6, 6.07) is 0. The minimum atomic E-state index is -4.85. The highest BCUT2D eigenvalue weighted by molar-refractivity contribution is 7.61. The minimum absolute atomic E-state index is 0.668. The van der Waals surface area contributed by atoms with Gasteiger partial charge in [-0.05, 0) is 0 Å². The minimum Gasteiger partial charge on any atom is -0.394 e. The maximum absolute atomic E-state index is 11.0. The maximum Gasteiger partial charge on any atom is 0.481 e. The van der Waals surface area contributed by atoms with Crippen molar-refractivity contribution < 1.29 is 42.5 Å². The highest BCUT2D eigenvalue weighted by atomic mass is 31.3. The van der Waals surface area contributed by atoms with E-state index in [1.54, 1.807) is 0 Å². The van der Waals surface area contributed by atoms with E-state index in [0.29, 0.717) is 0 Å². The monoisotopic (exact) mass is 264 g/mol. The van der Waals surface area contributed by atoms with E-state index in [1.807, 2.05) is 0 Å². The molecule has 1 aliphatic heterocycles. The van der Waals surface area contributed by atoms with Crippen molar-refractivity contribution in [1.82, 2.24) is 0 Å². The first-order valence-corrected chi connectivity index (χ1v) is 6.73. The molecule has 9 nitrogen and oxygen atoms in total. The van der Waals surface area contributed by atoms with Crippen LogP contribution in [-0.2, 0) is 22.5 Å². The van der Waals surface area contributed by atoms with Gasteiger partial charge >= 0.3 is 15.6 Å². The Balaban J connectivity index is 2.87. The highest BCUT2D eigenvalue weighted by Crippen LogP contribution is 2.62. The second kappa shape index (κ2) is 4.58. The Morgan fingerprint density at radius 2 is 1.87 bits per heavy atom. The predicted octanol–water partition coefficient (Wildman–Crippen LogP) is -1.03. The summed E-state index contributed by atoms with van der Waals surface area (Å²) in [5, 5.41) is 17.9. The molecule has 1 fully saturated rings. The van der Waals surface area contributed by atoms with Gasteiger partial charge in [-0.1, -0.05) is 0 Å². The van der Waals surface area contributed by atoms with Crippen LogP contribution in [0.1, 0.15) is 0 Å². The number of hydrogen-bond acceptors (Lipinski definition) is 7. The van der Waals surface area contributed by atoms with Crippen molar-refractivity contribution in [3.8, 4) is 0 Å². The fourth-order valence-corrected chi connectivity index (χ4v) is 3.12. The van der Waals surface area contributed by atoms with Gasteiger partial charge in [0.1, 0.15) is 12.2 Å². The molecule has 0 aromatic carbocycles. The lowest BCUT2D eigenvalue weighted by Gasteiger charge is -2.27. The van der Waals surface area contributed by atoms with E-state index in [9.17, 15) is 14.2 Å². The van der Waals surface area contributed by atoms with Crippen LogP contribution in [0, 0.1) is 0 Å². The summed E-state index contributed by atoms with van der Waals surface area (Å²) in [6.45, 7) is -1.44. The van der Waals surface area contributed by atoms with Gasteiger partial charge in [-0.2, -0.15) is 4.31 Å². The van der Waals surface area contributed by atoms with Crippen LogP contribution in [0.4, 0.5) is 0 Å². The second-order valence-corrected chi connectivity index (χ2v) is 5.70. The maximum atomic E-state index is 11.0. The Hall–Kier alpha value is 0.180. The second-order valence-electron chi connectivity index (χ2n) is 2.71. The van der Waals surface area contributed by atoms with Crippen molar-refractivity contribution >= 4 is 15.6 Å². The van der Waals surface area contributed by atoms with Crippen molar-refractivity contribution in [2.75, 3.05) is 13.2 Å². The molecule has 1 heterocycles. The largest absolute Gasteiger partial charge is 0.481 e. The molecule has 0 amide bonds. The molecule has 4 N–H and O–H groups in total. The summed E-state index contributed by atoms with van der Waals surface area (Å²) in [6.07, 6.45) is -2.94. The van der Waals surface area contributed by atoms with Crippen LogP contribution in [0.15, 0.2) is 0 Å². The number of phosphoric ester groups is 2. The lowest BCUT2D eigenvalue weighted by Crippen LogP contribution is -2.36. The Labute approximate surface area is 84.4 Å². The molecule has 11 heteroatoms. The fraction of sp³-hybridized carbons (Fsp3) is 1.00. The lowest BCUT2D eigenvalue weighted by molar-refractivity contribution is -0.0473. The Morgan fingerprint density at radius 3 is 2.40 bits per heavy atom. The summed E-state index contributed by atoms with van der Waals surface area (Å²) in [5.41, 5.74) is 0. The predicted molar refractivity (Wildman–Crippen MR) is 44.7 cm³/mol. The molecule has 90 valence electrons. The van der Waals surface area contributed by atoms with Gasteiger partial charge in [0.2, 0.25) is 0 Å². The number of rotatable bonds is 1. The van der Waals surface area contributed by atoms with Gasteiger partial charge in [0.25, 0.3) is 0 Å². The van der Waals surface area contributed by atoms with Crippen LogP contribution in [0.3, 0.4) is 0 Å². The van der Waals surface area contributed by atoms with Gasteiger partial charge in [0.15, 0.2) is 0 Å². The molecule has 2 unspecified atom stereocenters. The number of hydrogen-bond donors (Lipinski definition) is 4. The van der Waals surface area contributed by atoms with Crippen LogP contribution >= 0.6 is 15.6 Å². The molecule has 1 saturated heterocycles. The van der Waals surface area contributed by atoms with Crippen molar-refractivity contribution in [2.24, 2.45) is 0 Å². The topological polar surface area (TPSA) is 143 Å². The Bertz CT molecular complexity index is 315. The highest BCUT2D eigenvalue weighted by Gasteiger charge is 2.42. The molecule has 0 spiro atoms. The molecule has 0 aromatic rings. The van der Waals surface area contributed by atoms with E-state index in [-0.39, 0.29) is 0 Å². The smallest absolute Gasteiger partial charge is 0.394 e. The van der Waals surface area contributed by atoms with E-state index in [1.165, 1.54) is 0 Å². The Morgan fingerprint density at radius 1 is 1.27 bits per heavy atom. The van der Waals surface area contributed by atoms with E-state index in [4.69, 9.17) is 14.9 Å². The van der Waals surface area contributed by atoms with Crippen LogP contribution in [0.5, 0.6) is 0 Å². The zero-order valence-electron chi connectivity index (χ0n) is 7.29. The van der Waals surface area contributed by atoms with Crippen molar-refractivity contribution in [2.45, 2.75) is 12.2 Å². The van der Waals surface area contributed by atoms with Gasteiger partial charge in [0, 0.05) is 0 Å². The molecule has 0 bridgehead atoms. The average molecular weight is 264 g/mol. The molecule has 0 aliphatic carbocycles. The molecule has 0 aromatic heterocycles. The third kappa shape index (κ3) is 3.92. The van der Waals surface area contributed by atoms with Crippen molar-refractivity contribution in [3.63, 3.8) is 0 Å². The number of aliphatic hydroxyl groups is 2. The van der Waals surface area contributed by atoms with E-state index in [2.05, 4.69) is 13.4 Å². The van der Waals surface area contributed by atoms with Gasteiger partial charge in [-0.15, -0.1) is 0 Å². The quantitative estimate of drug-likeness (QED) is 0.437. The van der Waals surface area contributed by atoms with Gasteiger partial charge in [-0.25, -0.2) is 9.13 Å². The molecule has 0 radical (unpaired) electrons. The number of aliphatic hydroxyl groups excluding tert-OH is 2. The van der Waals surface area contributed by atoms with Crippen molar-refractivity contribution in [3.05, 3.63) is 0 Å². The van der Waals surface area contributed by atoms with E-state index in [0.717, 1.165) is 0 Å². The first-order chi connectivity index (χ1) is 6.76. The van der Waals surface area contributed by atoms with E-state index < -0.39 is 41.1 Å². The summed E-state index contributed by atoms with van der Waals surface area (Å²) < 4.78 is 34.1. The first kappa shape index (κ1) is 13.2.